The van der Waals surface area contributed by atoms with Crippen LogP contribution in [-0.4, -0.2) is 15.5 Å². The Morgan fingerprint density at radius 3 is 2.57 bits per heavy atom. The van der Waals surface area contributed by atoms with Crippen LogP contribution >= 0.6 is 11.3 Å². The van der Waals surface area contributed by atoms with E-state index in [4.69, 9.17) is 0 Å². The summed E-state index contributed by atoms with van der Waals surface area (Å²) in [4.78, 5) is 17.7. The van der Waals surface area contributed by atoms with Crippen molar-refractivity contribution in [3.8, 4) is 11.3 Å². The minimum atomic E-state index is -0.113. The Morgan fingerprint density at radius 2 is 1.86 bits per heavy atom. The van der Waals surface area contributed by atoms with Gasteiger partial charge in [0.1, 0.15) is 5.69 Å². The molecule has 0 unspecified atom stereocenters. The molecule has 2 aromatic heterocycles. The van der Waals surface area contributed by atoms with Gasteiger partial charge < -0.3 is 4.57 Å². The molecule has 0 aliphatic rings. The second kappa shape index (κ2) is 7.60. The molecule has 0 bridgehead atoms. The lowest BCUT2D eigenvalue weighted by molar-refractivity contribution is 0.101. The smallest absolute Gasteiger partial charge is 0.274 e. The summed E-state index contributed by atoms with van der Waals surface area (Å²) in [6.07, 6.45) is 1.02. The largest absolute Gasteiger partial charge is 0.337 e. The molecule has 0 saturated carbocycles. The fraction of sp³-hybridized carbons (Fsp3) is 0.217. The van der Waals surface area contributed by atoms with E-state index in [2.05, 4.69) is 65.1 Å². The molecule has 0 saturated heterocycles. The van der Waals surface area contributed by atoms with Crippen molar-refractivity contribution in [1.82, 2.24) is 9.55 Å². The van der Waals surface area contributed by atoms with Gasteiger partial charge in [0.05, 0.1) is 5.69 Å². The van der Waals surface area contributed by atoms with Gasteiger partial charge in [0, 0.05) is 28.4 Å². The van der Waals surface area contributed by atoms with E-state index in [1.165, 1.54) is 16.9 Å². The summed E-state index contributed by atoms with van der Waals surface area (Å²) in [5.74, 6) is -0.113. The molecule has 28 heavy (non-hydrogen) atoms. The third-order valence-electron chi connectivity index (χ3n) is 5.14. The molecule has 5 heteroatoms. The first-order valence-corrected chi connectivity index (χ1v) is 10.4. The van der Waals surface area contributed by atoms with E-state index in [-0.39, 0.29) is 5.91 Å². The number of hydrogen-bond donors (Lipinski definition) is 1. The number of carbonyl (C=O) groups is 1. The Labute approximate surface area is 168 Å². The first-order valence-electron chi connectivity index (χ1n) is 9.56. The number of fused-ring (bicyclic) bond motifs is 1. The lowest BCUT2D eigenvalue weighted by atomic mass is 10.1. The lowest BCUT2D eigenvalue weighted by Crippen LogP contribution is -2.17. The van der Waals surface area contributed by atoms with Gasteiger partial charge in [-0.25, -0.2) is 4.98 Å². The Morgan fingerprint density at radius 1 is 1.11 bits per heavy atom. The maximum absolute atomic E-state index is 13.0. The van der Waals surface area contributed by atoms with Crippen LogP contribution in [0.4, 0.5) is 5.13 Å². The van der Waals surface area contributed by atoms with E-state index >= 15 is 0 Å². The summed E-state index contributed by atoms with van der Waals surface area (Å²) in [5, 5.41) is 6.71. The molecule has 0 spiro atoms. The van der Waals surface area contributed by atoms with Gasteiger partial charge in [0.2, 0.25) is 0 Å². The number of anilines is 1. The summed E-state index contributed by atoms with van der Waals surface area (Å²) in [7, 11) is 0. The van der Waals surface area contributed by atoms with Gasteiger partial charge in [-0.2, -0.15) is 0 Å². The van der Waals surface area contributed by atoms with E-state index in [0.717, 1.165) is 40.7 Å². The molecule has 0 aliphatic carbocycles. The van der Waals surface area contributed by atoms with Crippen LogP contribution in [0.5, 0.6) is 0 Å². The van der Waals surface area contributed by atoms with Crippen LogP contribution in [0.2, 0.25) is 0 Å². The molecule has 2 heterocycles. The van der Waals surface area contributed by atoms with Gasteiger partial charge in [0.15, 0.2) is 5.13 Å². The predicted molar refractivity (Wildman–Crippen MR) is 117 cm³/mol. The number of nitrogens with one attached hydrogen (secondary N) is 1. The summed E-state index contributed by atoms with van der Waals surface area (Å²) >= 11 is 1.45. The topological polar surface area (TPSA) is 46.9 Å². The summed E-state index contributed by atoms with van der Waals surface area (Å²) in [6.45, 7) is 6.95. The zero-order valence-corrected chi connectivity index (χ0v) is 17.1. The Balaban J connectivity index is 1.62. The monoisotopic (exact) mass is 389 g/mol. The highest BCUT2D eigenvalue weighted by molar-refractivity contribution is 7.14. The van der Waals surface area contributed by atoms with Crippen molar-refractivity contribution in [2.24, 2.45) is 0 Å². The number of para-hydroxylation sites is 1. The van der Waals surface area contributed by atoms with Crippen molar-refractivity contribution in [3.05, 3.63) is 70.7 Å². The number of rotatable bonds is 5. The van der Waals surface area contributed by atoms with E-state index in [1.54, 1.807) is 0 Å². The Bertz CT molecular complexity index is 1140. The molecule has 0 atom stereocenters. The summed E-state index contributed by atoms with van der Waals surface area (Å²) in [5.41, 5.74) is 6.04. The van der Waals surface area contributed by atoms with Crippen LogP contribution in [0, 0.1) is 6.92 Å². The van der Waals surface area contributed by atoms with E-state index in [9.17, 15) is 4.79 Å². The molecule has 0 fully saturated rings. The predicted octanol–water partition coefficient (Wildman–Crippen LogP) is 5.91. The van der Waals surface area contributed by atoms with Crippen LogP contribution in [0.15, 0.2) is 53.9 Å². The van der Waals surface area contributed by atoms with E-state index in [0.29, 0.717) is 10.8 Å². The fourth-order valence-electron chi connectivity index (χ4n) is 3.63. The van der Waals surface area contributed by atoms with Crippen molar-refractivity contribution < 1.29 is 4.79 Å². The Kier molecular flexibility index (Phi) is 5.01. The van der Waals surface area contributed by atoms with Crippen molar-refractivity contribution in [1.29, 1.82) is 0 Å². The quantitative estimate of drug-likeness (QED) is 0.461. The van der Waals surface area contributed by atoms with Crippen LogP contribution in [0.1, 0.15) is 35.5 Å². The number of aromatic nitrogens is 2. The van der Waals surface area contributed by atoms with Gasteiger partial charge in [-0.15, -0.1) is 11.3 Å². The number of hydrogen-bond acceptors (Lipinski definition) is 3. The molecule has 142 valence electrons. The maximum atomic E-state index is 13.0. The highest BCUT2D eigenvalue weighted by Gasteiger charge is 2.20. The van der Waals surface area contributed by atoms with Gasteiger partial charge in [-0.1, -0.05) is 49.4 Å². The van der Waals surface area contributed by atoms with E-state index < -0.39 is 0 Å². The zero-order valence-electron chi connectivity index (χ0n) is 16.3. The molecule has 0 aliphatic heterocycles. The molecule has 1 N–H and O–H groups in total. The minimum Gasteiger partial charge on any atom is -0.337 e. The first kappa shape index (κ1) is 18.4. The van der Waals surface area contributed by atoms with Gasteiger partial charge in [-0.3, -0.25) is 10.1 Å². The molecule has 1 amide bonds. The average molecular weight is 390 g/mol. The normalized spacial score (nSPS) is 11.1. The summed E-state index contributed by atoms with van der Waals surface area (Å²) < 4.78 is 2.07. The lowest BCUT2D eigenvalue weighted by Gasteiger charge is -2.08. The number of aryl methyl sites for hydroxylation is 3. The number of carbonyl (C=O) groups excluding carboxylic acids is 1. The molecule has 4 aromatic rings. The van der Waals surface area contributed by atoms with Crippen molar-refractivity contribution in [3.63, 3.8) is 0 Å². The number of nitrogens with zero attached hydrogens (tertiary/aromatic N) is 2. The Hall–Kier alpha value is -2.92. The SMILES string of the molecule is CCc1ccc(-c2csc(NC(=O)c3c(C)c4ccccc4n3CC)n2)cc1. The maximum Gasteiger partial charge on any atom is 0.274 e. The van der Waals surface area contributed by atoms with E-state index in [1.807, 2.05) is 24.4 Å². The molecule has 2 aromatic carbocycles. The standard InChI is InChI=1S/C23H23N3OS/c1-4-16-10-12-17(13-11-16)19-14-28-23(24-19)25-22(27)21-15(3)18-8-6-7-9-20(18)26(21)5-2/h6-14H,4-5H2,1-3H3,(H,24,25,27). The average Bonchev–Trinajstić information content (AvgIpc) is 3.30. The van der Waals surface area contributed by atoms with Crippen molar-refractivity contribution in [2.45, 2.75) is 33.7 Å². The third-order valence-corrected chi connectivity index (χ3v) is 5.90. The van der Waals surface area contributed by atoms with Gasteiger partial charge >= 0.3 is 0 Å². The molecular formula is C23H23N3OS. The molecule has 0 radical (unpaired) electrons. The summed E-state index contributed by atoms with van der Waals surface area (Å²) in [6, 6.07) is 16.5. The van der Waals surface area contributed by atoms with Crippen molar-refractivity contribution in [2.75, 3.05) is 5.32 Å². The minimum absolute atomic E-state index is 0.113. The third kappa shape index (κ3) is 3.22. The fourth-order valence-corrected chi connectivity index (χ4v) is 4.34. The highest BCUT2D eigenvalue weighted by atomic mass is 32.1. The van der Waals surface area contributed by atoms with Gasteiger partial charge in [0.25, 0.3) is 5.91 Å². The number of amides is 1. The molecular weight excluding hydrogens is 366 g/mol. The first-order chi connectivity index (χ1) is 13.6. The zero-order chi connectivity index (χ0) is 19.7. The number of benzene rings is 2. The number of thiazole rings is 1. The second-order valence-electron chi connectivity index (χ2n) is 6.78. The highest BCUT2D eigenvalue weighted by Crippen LogP contribution is 2.28. The van der Waals surface area contributed by atoms with Crippen LogP contribution in [0.3, 0.4) is 0 Å². The van der Waals surface area contributed by atoms with Crippen LogP contribution < -0.4 is 5.32 Å². The van der Waals surface area contributed by atoms with Crippen molar-refractivity contribution >= 4 is 33.3 Å². The molecule has 4 nitrogen and oxygen atoms in total. The van der Waals surface area contributed by atoms with Crippen LogP contribution in [-0.2, 0) is 13.0 Å². The molecule has 4 rings (SSSR count). The van der Waals surface area contributed by atoms with Gasteiger partial charge in [-0.05, 0) is 37.5 Å². The van der Waals surface area contributed by atoms with Crippen LogP contribution in [0.25, 0.3) is 22.2 Å². The second-order valence-corrected chi connectivity index (χ2v) is 7.64.